The van der Waals surface area contributed by atoms with E-state index in [1.165, 1.54) is 25.5 Å². The highest BCUT2D eigenvalue weighted by Gasteiger charge is 2.40. The molecular weight excluding hydrogens is 649 g/mol. The molecule has 230 valence electrons. The van der Waals surface area contributed by atoms with Crippen LogP contribution < -0.4 is 10.0 Å². The van der Waals surface area contributed by atoms with Crippen molar-refractivity contribution in [1.82, 2.24) is 19.9 Å². The van der Waals surface area contributed by atoms with Gasteiger partial charge in [-0.25, -0.2) is 13.4 Å². The van der Waals surface area contributed by atoms with Gasteiger partial charge < -0.3 is 15.3 Å². The Kier molecular flexibility index (Phi) is 10.8. The van der Waals surface area contributed by atoms with E-state index >= 15 is 0 Å². The first-order valence-electron chi connectivity index (χ1n) is 11.4. The van der Waals surface area contributed by atoms with E-state index in [1.807, 2.05) is 0 Å². The van der Waals surface area contributed by atoms with Crippen LogP contribution in [0.15, 0.2) is 17.0 Å². The molecule has 0 bridgehead atoms. The predicted octanol–water partition coefficient (Wildman–Crippen LogP) is 4.87. The van der Waals surface area contributed by atoms with E-state index in [-0.39, 0.29) is 17.0 Å². The van der Waals surface area contributed by atoms with E-state index in [4.69, 9.17) is 23.2 Å². The van der Waals surface area contributed by atoms with Crippen LogP contribution in [0.4, 0.5) is 26.3 Å². The molecule has 0 unspecified atom stereocenters. The van der Waals surface area contributed by atoms with Gasteiger partial charge in [-0.3, -0.25) is 9.59 Å². The number of hydrogen-bond donors (Lipinski definition) is 3. The molecule has 1 heterocycles. The molecule has 0 aliphatic carbocycles. The number of aliphatic hydroxyl groups is 1. The lowest BCUT2D eigenvalue weighted by Gasteiger charge is -2.22. The average Bonchev–Trinajstić information content (AvgIpc) is 3.25. The Labute approximate surface area is 244 Å². The number of alkyl halides is 6. The Morgan fingerprint density at radius 3 is 2.20 bits per heavy atom. The van der Waals surface area contributed by atoms with Crippen molar-refractivity contribution in [2.75, 3.05) is 19.6 Å². The summed E-state index contributed by atoms with van der Waals surface area (Å²) in [6, 6.07) is -0.750. The van der Waals surface area contributed by atoms with E-state index in [1.54, 1.807) is 0 Å². The number of carbonyl (C=O) groups is 2. The number of aromatic nitrogens is 1. The molecule has 2 aromatic rings. The normalized spacial score (nSPS) is 13.7. The lowest BCUT2D eigenvalue weighted by atomic mass is 10.1. The molecule has 3 N–H and O–H groups in total. The zero-order valence-corrected chi connectivity index (χ0v) is 24.8. The molecule has 1 atom stereocenters. The van der Waals surface area contributed by atoms with E-state index < -0.39 is 84.6 Å². The Hall–Kier alpha value is -2.18. The molecule has 0 radical (unpaired) electrons. The Morgan fingerprint density at radius 1 is 1.12 bits per heavy atom. The first-order valence-corrected chi connectivity index (χ1v) is 14.5. The topological polar surface area (TPSA) is 129 Å². The van der Waals surface area contributed by atoms with Crippen molar-refractivity contribution in [1.29, 1.82) is 0 Å². The Balaban J connectivity index is 2.67. The number of halogens is 8. The molecule has 2 amide bonds. The molecule has 1 aromatic carbocycles. The number of nitrogens with one attached hydrogen (secondary N) is 2. The molecule has 0 fully saturated rings. The summed E-state index contributed by atoms with van der Waals surface area (Å²) < 4.78 is 105. The summed E-state index contributed by atoms with van der Waals surface area (Å²) in [5.41, 5.74) is -2.23. The standard InChI is InChI=1S/C22H24Cl2F6N4O5S2/c1-5-34(9-21(25,26)27)19(36)15-16(40-18(32-15)17(35)31-8-20(3,4)37)11-6-7-12(14(24)13(11)23)41(38,39)33-10(2)22(28,29)30/h6-7,10,33,37H,5,8-9H2,1-4H3,(H,31,35)/t10-/m0/s1. The highest BCUT2D eigenvalue weighted by Crippen LogP contribution is 2.42. The van der Waals surface area contributed by atoms with Crippen molar-refractivity contribution in [2.45, 2.75) is 56.6 Å². The third-order valence-electron chi connectivity index (χ3n) is 5.15. The minimum Gasteiger partial charge on any atom is -0.389 e. The van der Waals surface area contributed by atoms with Crippen LogP contribution >= 0.6 is 34.5 Å². The summed E-state index contributed by atoms with van der Waals surface area (Å²) >= 11 is 12.9. The fourth-order valence-corrected chi connectivity index (χ4v) is 6.24. The van der Waals surface area contributed by atoms with Crippen LogP contribution in [0.1, 0.15) is 48.0 Å². The number of sulfonamides is 1. The van der Waals surface area contributed by atoms with Gasteiger partial charge in [-0.2, -0.15) is 31.1 Å². The van der Waals surface area contributed by atoms with Gasteiger partial charge in [0.1, 0.15) is 23.2 Å². The van der Waals surface area contributed by atoms with Gasteiger partial charge in [0.2, 0.25) is 10.0 Å². The summed E-state index contributed by atoms with van der Waals surface area (Å²) in [5, 5.41) is 10.5. The van der Waals surface area contributed by atoms with Crippen LogP contribution in [0.2, 0.25) is 10.0 Å². The maximum absolute atomic E-state index is 13.1. The molecule has 0 saturated heterocycles. The highest BCUT2D eigenvalue weighted by atomic mass is 35.5. The number of carbonyl (C=O) groups excluding carboxylic acids is 2. The summed E-state index contributed by atoms with van der Waals surface area (Å²) in [7, 11) is -4.88. The van der Waals surface area contributed by atoms with Crippen LogP contribution in [-0.2, 0) is 10.0 Å². The Bertz CT molecular complexity index is 1410. The van der Waals surface area contributed by atoms with Gasteiger partial charge in [0.25, 0.3) is 11.8 Å². The molecule has 41 heavy (non-hydrogen) atoms. The first-order chi connectivity index (χ1) is 18.5. The van der Waals surface area contributed by atoms with Crippen LogP contribution in [-0.4, -0.2) is 78.9 Å². The third kappa shape index (κ3) is 9.15. The monoisotopic (exact) mass is 672 g/mol. The number of benzene rings is 1. The maximum Gasteiger partial charge on any atom is 0.406 e. The first kappa shape index (κ1) is 35.0. The van der Waals surface area contributed by atoms with Gasteiger partial charge in [-0.05, 0) is 33.8 Å². The fourth-order valence-electron chi connectivity index (χ4n) is 3.09. The van der Waals surface area contributed by atoms with E-state index in [0.717, 1.165) is 12.1 Å². The number of hydrogen-bond acceptors (Lipinski definition) is 7. The van der Waals surface area contributed by atoms with Gasteiger partial charge in [0, 0.05) is 18.7 Å². The largest absolute Gasteiger partial charge is 0.406 e. The second-order valence-corrected chi connectivity index (χ2v) is 12.7. The van der Waals surface area contributed by atoms with Crippen molar-refractivity contribution in [3.05, 3.63) is 32.9 Å². The second kappa shape index (κ2) is 12.6. The summed E-state index contributed by atoms with van der Waals surface area (Å²) in [4.78, 5) is 29.0. The van der Waals surface area contributed by atoms with Gasteiger partial charge in [-0.15, -0.1) is 11.3 Å². The molecule has 0 aliphatic rings. The average molecular weight is 673 g/mol. The molecule has 19 heteroatoms. The predicted molar refractivity (Wildman–Crippen MR) is 140 cm³/mol. The van der Waals surface area contributed by atoms with Crippen LogP contribution in [0.3, 0.4) is 0 Å². The number of thiazole rings is 1. The van der Waals surface area contributed by atoms with Gasteiger partial charge in [0.15, 0.2) is 5.01 Å². The molecule has 0 aliphatic heterocycles. The lowest BCUT2D eigenvalue weighted by molar-refractivity contribution is -0.147. The SMILES string of the molecule is CCN(CC(F)(F)F)C(=O)c1nc(C(=O)NCC(C)(C)O)sc1-c1ccc(S(=O)(=O)N[C@@H](C)C(F)(F)F)c(Cl)c1Cl. The van der Waals surface area contributed by atoms with Crippen LogP contribution in [0.5, 0.6) is 0 Å². The lowest BCUT2D eigenvalue weighted by Crippen LogP contribution is -2.43. The van der Waals surface area contributed by atoms with Crippen molar-refractivity contribution in [2.24, 2.45) is 0 Å². The second-order valence-electron chi connectivity index (χ2n) is 9.25. The van der Waals surface area contributed by atoms with Crippen LogP contribution in [0.25, 0.3) is 10.4 Å². The van der Waals surface area contributed by atoms with Crippen molar-refractivity contribution >= 4 is 56.4 Å². The van der Waals surface area contributed by atoms with Crippen LogP contribution in [0, 0.1) is 0 Å². The maximum atomic E-state index is 13.1. The van der Waals surface area contributed by atoms with E-state index in [9.17, 15) is 49.5 Å². The molecule has 1 aromatic heterocycles. The molecular formula is C22H24Cl2F6N4O5S2. The van der Waals surface area contributed by atoms with Gasteiger partial charge >= 0.3 is 12.4 Å². The summed E-state index contributed by atoms with van der Waals surface area (Å²) in [5.74, 6) is -2.15. The van der Waals surface area contributed by atoms with Crippen molar-refractivity contribution in [3.63, 3.8) is 0 Å². The number of rotatable bonds is 10. The molecule has 2 rings (SSSR count). The number of nitrogens with zero attached hydrogens (tertiary/aromatic N) is 2. The minimum absolute atomic E-state index is 0.232. The van der Waals surface area contributed by atoms with E-state index in [0.29, 0.717) is 23.2 Å². The zero-order valence-electron chi connectivity index (χ0n) is 21.7. The summed E-state index contributed by atoms with van der Waals surface area (Å²) in [6.45, 7) is 2.26. The van der Waals surface area contributed by atoms with Crippen molar-refractivity contribution < 1.29 is 49.5 Å². The zero-order chi connectivity index (χ0) is 31.7. The van der Waals surface area contributed by atoms with E-state index in [2.05, 4.69) is 10.3 Å². The summed E-state index contributed by atoms with van der Waals surface area (Å²) in [6.07, 6.45) is -9.71. The quantitative estimate of drug-likeness (QED) is 0.309. The number of amides is 2. The molecule has 0 spiro atoms. The third-order valence-corrected chi connectivity index (χ3v) is 8.81. The highest BCUT2D eigenvalue weighted by molar-refractivity contribution is 7.89. The molecule has 0 saturated carbocycles. The van der Waals surface area contributed by atoms with Gasteiger partial charge in [-0.1, -0.05) is 29.3 Å². The molecule has 9 nitrogen and oxygen atoms in total. The van der Waals surface area contributed by atoms with Gasteiger partial charge in [0.05, 0.1) is 20.5 Å². The smallest absolute Gasteiger partial charge is 0.389 e. The minimum atomic E-state index is -4.93. The fraction of sp³-hybridized carbons (Fsp3) is 0.500. The van der Waals surface area contributed by atoms with Crippen molar-refractivity contribution in [3.8, 4) is 10.4 Å². The Morgan fingerprint density at radius 2 is 1.71 bits per heavy atom.